The number of hydrogen-bond donors (Lipinski definition) is 3. The van der Waals surface area contributed by atoms with E-state index in [0.29, 0.717) is 30.5 Å². The molecule has 0 saturated carbocycles. The lowest BCUT2D eigenvalue weighted by Crippen LogP contribution is -2.30. The van der Waals surface area contributed by atoms with Crippen LogP contribution >= 0.6 is 11.6 Å². The summed E-state index contributed by atoms with van der Waals surface area (Å²) >= 11 is 6.21. The van der Waals surface area contributed by atoms with Crippen LogP contribution in [0, 0.1) is 6.92 Å². The van der Waals surface area contributed by atoms with Crippen LogP contribution in [0.25, 0.3) is 0 Å². The van der Waals surface area contributed by atoms with E-state index in [1.54, 1.807) is 16.8 Å². The van der Waals surface area contributed by atoms with Gasteiger partial charge in [-0.05, 0) is 30.7 Å². The Balaban J connectivity index is 1.69. The Bertz CT molecular complexity index is 976. The van der Waals surface area contributed by atoms with Crippen LogP contribution in [-0.2, 0) is 17.9 Å². The molecule has 0 bridgehead atoms. The Hall–Kier alpha value is -2.87. The molecule has 8 heteroatoms. The maximum atomic E-state index is 11.9. The first-order valence-corrected chi connectivity index (χ1v) is 10.0. The minimum atomic E-state index is -0.220. The van der Waals surface area contributed by atoms with Gasteiger partial charge in [-0.3, -0.25) is 9.48 Å². The minimum absolute atomic E-state index is 0.0185. The molecule has 3 aromatic rings. The number of nitrogens with one attached hydrogen (secondary N) is 2. The Labute approximate surface area is 180 Å². The number of benzene rings is 2. The molecule has 0 aliphatic rings. The third kappa shape index (κ3) is 6.32. The second-order valence-corrected chi connectivity index (χ2v) is 7.24. The van der Waals surface area contributed by atoms with E-state index in [9.17, 15) is 4.79 Å². The average Bonchev–Trinajstić information content (AvgIpc) is 3.07. The smallest absolute Gasteiger partial charge is 0.239 e. The summed E-state index contributed by atoms with van der Waals surface area (Å²) in [5.41, 5.74) is 2.86. The van der Waals surface area contributed by atoms with Crippen LogP contribution < -0.4 is 15.4 Å². The van der Waals surface area contributed by atoms with E-state index in [4.69, 9.17) is 21.4 Å². The van der Waals surface area contributed by atoms with Crippen molar-refractivity contribution in [2.75, 3.05) is 25.0 Å². The number of aliphatic hydroxyl groups is 1. The SMILES string of the molecule is Cc1cc(NC(=O)CNCCO)nn1Cc1cc(Cl)ccc1OCc1ccccc1. The Morgan fingerprint density at radius 2 is 2.00 bits per heavy atom. The lowest BCUT2D eigenvalue weighted by Gasteiger charge is -2.13. The van der Waals surface area contributed by atoms with Gasteiger partial charge >= 0.3 is 0 Å². The zero-order chi connectivity index (χ0) is 21.3. The summed E-state index contributed by atoms with van der Waals surface area (Å²) in [6, 6.07) is 17.3. The highest BCUT2D eigenvalue weighted by Gasteiger charge is 2.12. The van der Waals surface area contributed by atoms with Crippen molar-refractivity contribution in [1.82, 2.24) is 15.1 Å². The minimum Gasteiger partial charge on any atom is -0.489 e. The molecule has 3 rings (SSSR count). The van der Waals surface area contributed by atoms with Gasteiger partial charge in [0.1, 0.15) is 12.4 Å². The van der Waals surface area contributed by atoms with Gasteiger partial charge in [-0.25, -0.2) is 0 Å². The number of rotatable bonds is 10. The van der Waals surface area contributed by atoms with E-state index in [0.717, 1.165) is 22.6 Å². The van der Waals surface area contributed by atoms with Crippen molar-refractivity contribution in [3.8, 4) is 5.75 Å². The number of aromatic nitrogens is 2. The van der Waals surface area contributed by atoms with Gasteiger partial charge in [0.05, 0.1) is 19.7 Å². The standard InChI is InChI=1S/C22H25ClN4O3/c1-16-11-21(25-22(29)13-24-9-10-28)26-27(16)14-18-12-19(23)7-8-20(18)30-15-17-5-3-2-4-6-17/h2-8,11-12,24,28H,9-10,13-15H2,1H3,(H,25,26,29). The molecule has 1 heterocycles. The highest BCUT2D eigenvalue weighted by atomic mass is 35.5. The normalized spacial score (nSPS) is 10.8. The number of nitrogens with zero attached hydrogens (tertiary/aromatic N) is 2. The third-order valence-electron chi connectivity index (χ3n) is 4.40. The summed E-state index contributed by atoms with van der Waals surface area (Å²) in [6.45, 7) is 3.28. The van der Waals surface area contributed by atoms with E-state index in [1.165, 1.54) is 0 Å². The molecule has 30 heavy (non-hydrogen) atoms. The fourth-order valence-corrected chi connectivity index (χ4v) is 3.10. The predicted molar refractivity (Wildman–Crippen MR) is 117 cm³/mol. The lowest BCUT2D eigenvalue weighted by atomic mass is 10.2. The van der Waals surface area contributed by atoms with Crippen LogP contribution in [0.3, 0.4) is 0 Å². The summed E-state index contributed by atoms with van der Waals surface area (Å²) < 4.78 is 7.81. The number of carbonyl (C=O) groups excluding carboxylic acids is 1. The van der Waals surface area contributed by atoms with Gasteiger partial charge in [-0.15, -0.1) is 0 Å². The molecule has 0 saturated heterocycles. The topological polar surface area (TPSA) is 88.4 Å². The molecule has 0 aliphatic carbocycles. The molecule has 158 valence electrons. The van der Waals surface area contributed by atoms with Crippen LogP contribution in [0.4, 0.5) is 5.82 Å². The average molecular weight is 429 g/mol. The third-order valence-corrected chi connectivity index (χ3v) is 4.64. The highest BCUT2D eigenvalue weighted by molar-refractivity contribution is 6.30. The second-order valence-electron chi connectivity index (χ2n) is 6.80. The van der Waals surface area contributed by atoms with Crippen molar-refractivity contribution in [2.45, 2.75) is 20.1 Å². The summed E-state index contributed by atoms with van der Waals surface area (Å²) in [6.07, 6.45) is 0. The summed E-state index contributed by atoms with van der Waals surface area (Å²) in [4.78, 5) is 11.9. The fourth-order valence-electron chi connectivity index (χ4n) is 2.91. The van der Waals surface area contributed by atoms with Crippen LogP contribution in [-0.4, -0.2) is 40.5 Å². The van der Waals surface area contributed by atoms with E-state index >= 15 is 0 Å². The van der Waals surface area contributed by atoms with E-state index in [2.05, 4.69) is 15.7 Å². The predicted octanol–water partition coefficient (Wildman–Crippen LogP) is 2.99. The van der Waals surface area contributed by atoms with Crippen molar-refractivity contribution in [2.24, 2.45) is 0 Å². The number of aryl methyl sites for hydroxylation is 1. The fraction of sp³-hybridized carbons (Fsp3) is 0.273. The maximum absolute atomic E-state index is 11.9. The Morgan fingerprint density at radius 1 is 1.20 bits per heavy atom. The largest absolute Gasteiger partial charge is 0.489 e. The second kappa shape index (κ2) is 10.8. The van der Waals surface area contributed by atoms with Gasteiger partial charge in [0, 0.05) is 28.9 Å². The number of carbonyl (C=O) groups is 1. The summed E-state index contributed by atoms with van der Waals surface area (Å²) in [5.74, 6) is 0.983. The molecule has 2 aromatic carbocycles. The first-order chi connectivity index (χ1) is 14.5. The van der Waals surface area contributed by atoms with Crippen molar-refractivity contribution in [1.29, 1.82) is 0 Å². The number of ether oxygens (including phenoxy) is 1. The zero-order valence-electron chi connectivity index (χ0n) is 16.8. The molecule has 0 fully saturated rings. The molecular formula is C22H25ClN4O3. The summed E-state index contributed by atoms with van der Waals surface area (Å²) in [7, 11) is 0. The lowest BCUT2D eigenvalue weighted by molar-refractivity contribution is -0.115. The van der Waals surface area contributed by atoms with Gasteiger partial charge in [-0.1, -0.05) is 41.9 Å². The van der Waals surface area contributed by atoms with Gasteiger partial charge in [0.25, 0.3) is 0 Å². The molecule has 7 nitrogen and oxygen atoms in total. The number of amides is 1. The Kier molecular flexibility index (Phi) is 7.84. The monoisotopic (exact) mass is 428 g/mol. The van der Waals surface area contributed by atoms with E-state index < -0.39 is 0 Å². The van der Waals surface area contributed by atoms with Crippen LogP contribution in [0.5, 0.6) is 5.75 Å². The first-order valence-electron chi connectivity index (χ1n) is 9.66. The van der Waals surface area contributed by atoms with Gasteiger partial charge in [0.2, 0.25) is 5.91 Å². The molecule has 0 unspecified atom stereocenters. The molecule has 0 spiro atoms. The molecule has 0 atom stereocenters. The van der Waals surface area contributed by atoms with Crippen molar-refractivity contribution in [3.05, 3.63) is 76.4 Å². The van der Waals surface area contributed by atoms with Crippen molar-refractivity contribution in [3.63, 3.8) is 0 Å². The van der Waals surface area contributed by atoms with Crippen LogP contribution in [0.1, 0.15) is 16.8 Å². The van der Waals surface area contributed by atoms with E-state index in [-0.39, 0.29) is 19.1 Å². The van der Waals surface area contributed by atoms with Gasteiger partial charge in [-0.2, -0.15) is 5.10 Å². The van der Waals surface area contributed by atoms with Gasteiger partial charge in [0.15, 0.2) is 5.82 Å². The molecule has 0 radical (unpaired) electrons. The number of halogens is 1. The van der Waals surface area contributed by atoms with Crippen LogP contribution in [0.2, 0.25) is 5.02 Å². The number of anilines is 1. The number of aliphatic hydroxyl groups excluding tert-OH is 1. The van der Waals surface area contributed by atoms with Crippen molar-refractivity contribution >= 4 is 23.3 Å². The zero-order valence-corrected chi connectivity index (χ0v) is 17.5. The summed E-state index contributed by atoms with van der Waals surface area (Å²) in [5, 5.41) is 19.4. The molecule has 1 amide bonds. The molecular weight excluding hydrogens is 404 g/mol. The van der Waals surface area contributed by atoms with Crippen LogP contribution in [0.15, 0.2) is 54.6 Å². The highest BCUT2D eigenvalue weighted by Crippen LogP contribution is 2.25. The first kappa shape index (κ1) is 21.8. The van der Waals surface area contributed by atoms with Gasteiger partial charge < -0.3 is 20.5 Å². The number of hydrogen-bond acceptors (Lipinski definition) is 5. The molecule has 1 aromatic heterocycles. The Morgan fingerprint density at radius 3 is 2.77 bits per heavy atom. The maximum Gasteiger partial charge on any atom is 0.239 e. The van der Waals surface area contributed by atoms with E-state index in [1.807, 2.05) is 49.4 Å². The molecule has 3 N–H and O–H groups in total. The van der Waals surface area contributed by atoms with Crippen molar-refractivity contribution < 1.29 is 14.6 Å². The quantitative estimate of drug-likeness (QED) is 0.432. The molecule has 0 aliphatic heterocycles.